The summed E-state index contributed by atoms with van der Waals surface area (Å²) in [6, 6.07) is 3.63. The second kappa shape index (κ2) is 6.06. The monoisotopic (exact) mass is 262 g/mol. The summed E-state index contributed by atoms with van der Waals surface area (Å²) in [5, 5.41) is 8.10. The first kappa shape index (κ1) is 13.1. The normalized spacial score (nSPS) is 28.9. The van der Waals surface area contributed by atoms with E-state index >= 15 is 0 Å². The summed E-state index contributed by atoms with van der Waals surface area (Å²) in [6.07, 6.45) is 8.75. The summed E-state index contributed by atoms with van der Waals surface area (Å²) in [7, 11) is 0. The number of nitrogens with one attached hydrogen (secondary N) is 1. The smallest absolute Gasteiger partial charge is 0.0524 e. The maximum atomic E-state index is 4.40. The molecule has 1 aromatic rings. The predicted molar refractivity (Wildman–Crippen MR) is 77.0 cm³/mol. The van der Waals surface area contributed by atoms with Crippen LogP contribution in [0.1, 0.15) is 44.7 Å². The summed E-state index contributed by atoms with van der Waals surface area (Å²) >= 11 is 0. The van der Waals surface area contributed by atoms with Crippen molar-refractivity contribution in [3.63, 3.8) is 0 Å². The van der Waals surface area contributed by atoms with Crippen LogP contribution in [0.15, 0.2) is 12.3 Å². The maximum Gasteiger partial charge on any atom is 0.0524 e. The molecule has 3 rings (SSSR count). The van der Waals surface area contributed by atoms with Crippen LogP contribution in [-0.2, 0) is 13.1 Å². The van der Waals surface area contributed by atoms with Crippen LogP contribution < -0.4 is 5.32 Å². The van der Waals surface area contributed by atoms with Crippen LogP contribution in [-0.4, -0.2) is 39.9 Å². The molecule has 2 fully saturated rings. The molecule has 0 aliphatic carbocycles. The van der Waals surface area contributed by atoms with Crippen molar-refractivity contribution < 1.29 is 0 Å². The number of aryl methyl sites for hydroxylation is 1. The van der Waals surface area contributed by atoms with Gasteiger partial charge in [-0.3, -0.25) is 9.58 Å². The highest BCUT2D eigenvalue weighted by Crippen LogP contribution is 2.25. The van der Waals surface area contributed by atoms with Gasteiger partial charge in [0.15, 0.2) is 0 Å². The van der Waals surface area contributed by atoms with Gasteiger partial charge in [-0.25, -0.2) is 0 Å². The van der Waals surface area contributed by atoms with Gasteiger partial charge in [0, 0.05) is 31.4 Å². The number of rotatable bonds is 4. The van der Waals surface area contributed by atoms with Gasteiger partial charge in [-0.2, -0.15) is 5.10 Å². The first-order chi connectivity index (χ1) is 9.38. The molecular formula is C15H26N4. The van der Waals surface area contributed by atoms with Gasteiger partial charge in [-0.1, -0.05) is 6.42 Å². The average molecular weight is 262 g/mol. The summed E-state index contributed by atoms with van der Waals surface area (Å²) in [4.78, 5) is 2.69. The topological polar surface area (TPSA) is 33.1 Å². The Bertz CT molecular complexity index is 395. The lowest BCUT2D eigenvalue weighted by Gasteiger charge is -2.39. The van der Waals surface area contributed by atoms with E-state index in [0.29, 0.717) is 0 Å². The average Bonchev–Trinajstić information content (AvgIpc) is 3.10. The molecule has 2 atom stereocenters. The molecule has 1 N–H and O–H groups in total. The van der Waals surface area contributed by atoms with Gasteiger partial charge in [0.25, 0.3) is 0 Å². The molecule has 0 spiro atoms. The Labute approximate surface area is 116 Å². The lowest BCUT2D eigenvalue weighted by atomic mass is 9.94. The van der Waals surface area contributed by atoms with Gasteiger partial charge in [0.05, 0.1) is 5.69 Å². The van der Waals surface area contributed by atoms with E-state index < -0.39 is 0 Å². The van der Waals surface area contributed by atoms with Crippen molar-refractivity contribution in [3.05, 3.63) is 18.0 Å². The Kier molecular flexibility index (Phi) is 4.18. The quantitative estimate of drug-likeness (QED) is 0.901. The van der Waals surface area contributed by atoms with Gasteiger partial charge in [0.2, 0.25) is 0 Å². The number of likely N-dealkylation sites (tertiary alicyclic amines) is 1. The largest absolute Gasteiger partial charge is 0.312 e. The second-order valence-corrected chi connectivity index (χ2v) is 5.87. The Morgan fingerprint density at radius 1 is 1.32 bits per heavy atom. The van der Waals surface area contributed by atoms with E-state index in [0.717, 1.165) is 25.2 Å². The predicted octanol–water partition coefficient (Wildman–Crippen LogP) is 2.01. The number of aromatic nitrogens is 2. The summed E-state index contributed by atoms with van der Waals surface area (Å²) in [5.74, 6) is 0. The molecule has 2 aliphatic rings. The first-order valence-corrected chi connectivity index (χ1v) is 7.86. The van der Waals surface area contributed by atoms with Gasteiger partial charge < -0.3 is 5.32 Å². The van der Waals surface area contributed by atoms with Crippen molar-refractivity contribution in [2.24, 2.45) is 0 Å². The number of hydrogen-bond donors (Lipinski definition) is 1. The van der Waals surface area contributed by atoms with Crippen LogP contribution in [0.5, 0.6) is 0 Å². The number of hydrogen-bond acceptors (Lipinski definition) is 3. The molecule has 0 saturated carbocycles. The van der Waals surface area contributed by atoms with Crippen LogP contribution in [0.2, 0.25) is 0 Å². The van der Waals surface area contributed by atoms with Gasteiger partial charge in [-0.05, 0) is 51.8 Å². The fraction of sp³-hybridized carbons (Fsp3) is 0.800. The van der Waals surface area contributed by atoms with Gasteiger partial charge in [0.1, 0.15) is 0 Å². The third kappa shape index (κ3) is 2.84. The molecule has 0 amide bonds. The molecule has 19 heavy (non-hydrogen) atoms. The zero-order chi connectivity index (χ0) is 13.1. The minimum atomic E-state index is 0.721. The van der Waals surface area contributed by atoms with E-state index in [-0.39, 0.29) is 0 Å². The molecule has 4 nitrogen and oxygen atoms in total. The maximum absolute atomic E-state index is 4.40. The van der Waals surface area contributed by atoms with E-state index in [9.17, 15) is 0 Å². The molecule has 0 radical (unpaired) electrons. The molecule has 2 saturated heterocycles. The van der Waals surface area contributed by atoms with Crippen LogP contribution >= 0.6 is 0 Å². The minimum absolute atomic E-state index is 0.721. The zero-order valence-corrected chi connectivity index (χ0v) is 12.0. The molecule has 2 unspecified atom stereocenters. The van der Waals surface area contributed by atoms with Crippen LogP contribution in [0, 0.1) is 0 Å². The molecule has 4 heteroatoms. The molecule has 106 valence electrons. The van der Waals surface area contributed by atoms with Crippen LogP contribution in [0.3, 0.4) is 0 Å². The van der Waals surface area contributed by atoms with E-state index in [4.69, 9.17) is 0 Å². The molecule has 1 aromatic heterocycles. The molecule has 0 aromatic carbocycles. The highest BCUT2D eigenvalue weighted by molar-refractivity contribution is 5.02. The lowest BCUT2D eigenvalue weighted by molar-refractivity contribution is 0.109. The van der Waals surface area contributed by atoms with Crippen molar-refractivity contribution >= 4 is 0 Å². The Morgan fingerprint density at radius 2 is 2.26 bits per heavy atom. The van der Waals surface area contributed by atoms with Crippen LogP contribution in [0.25, 0.3) is 0 Å². The van der Waals surface area contributed by atoms with Crippen molar-refractivity contribution in [1.29, 1.82) is 0 Å². The minimum Gasteiger partial charge on any atom is -0.312 e. The standard InChI is InChI=1S/C15H26N4/c1-2-19-13(8-10-17-19)12-18-11-4-3-7-15(18)14-6-5-9-16-14/h8,10,14-16H,2-7,9,11-12H2,1H3. The van der Waals surface area contributed by atoms with Gasteiger partial charge >= 0.3 is 0 Å². The fourth-order valence-corrected chi connectivity index (χ4v) is 3.70. The highest BCUT2D eigenvalue weighted by Gasteiger charge is 2.31. The summed E-state index contributed by atoms with van der Waals surface area (Å²) < 4.78 is 2.13. The molecular weight excluding hydrogens is 236 g/mol. The third-order valence-electron chi connectivity index (χ3n) is 4.70. The zero-order valence-electron chi connectivity index (χ0n) is 12.0. The van der Waals surface area contributed by atoms with Crippen LogP contribution in [0.4, 0.5) is 0 Å². The Morgan fingerprint density at radius 3 is 3.05 bits per heavy atom. The van der Waals surface area contributed by atoms with Crippen molar-refractivity contribution in [3.8, 4) is 0 Å². The number of piperidine rings is 1. The number of nitrogens with zero attached hydrogens (tertiary/aromatic N) is 3. The summed E-state index contributed by atoms with van der Waals surface area (Å²) in [5.41, 5.74) is 1.37. The Hall–Kier alpha value is -0.870. The SMILES string of the molecule is CCn1nccc1CN1CCCCC1C1CCCN1. The molecule has 0 bridgehead atoms. The fourth-order valence-electron chi connectivity index (χ4n) is 3.70. The lowest BCUT2D eigenvalue weighted by Crippen LogP contribution is -2.49. The molecule has 3 heterocycles. The van der Waals surface area contributed by atoms with Crippen molar-refractivity contribution in [2.75, 3.05) is 13.1 Å². The third-order valence-corrected chi connectivity index (χ3v) is 4.70. The highest BCUT2D eigenvalue weighted by atomic mass is 15.3. The summed E-state index contributed by atoms with van der Waals surface area (Å²) in [6.45, 7) is 6.67. The molecule has 2 aliphatic heterocycles. The first-order valence-electron chi connectivity index (χ1n) is 7.86. The van der Waals surface area contributed by atoms with E-state index in [2.05, 4.69) is 33.0 Å². The Balaban J connectivity index is 1.69. The van der Waals surface area contributed by atoms with Crippen molar-refractivity contribution in [1.82, 2.24) is 20.0 Å². The van der Waals surface area contributed by atoms with E-state index in [1.807, 2.05) is 6.20 Å². The van der Waals surface area contributed by atoms with Gasteiger partial charge in [-0.15, -0.1) is 0 Å². The second-order valence-electron chi connectivity index (χ2n) is 5.87. The van der Waals surface area contributed by atoms with Crippen molar-refractivity contribution in [2.45, 2.75) is 64.2 Å². The van der Waals surface area contributed by atoms with E-state index in [1.165, 1.54) is 50.9 Å². The van der Waals surface area contributed by atoms with E-state index in [1.54, 1.807) is 0 Å².